The quantitative estimate of drug-likeness (QED) is 0.862. The van der Waals surface area contributed by atoms with E-state index in [0.717, 1.165) is 6.42 Å². The number of nitrogens with zero attached hydrogens (tertiary/aromatic N) is 1. The molecule has 0 saturated heterocycles. The summed E-state index contributed by atoms with van der Waals surface area (Å²) >= 11 is 4.10. The monoisotopic (exact) mass is 344 g/mol. The first-order valence-corrected chi connectivity index (χ1v) is 7.07. The summed E-state index contributed by atoms with van der Waals surface area (Å²) in [5.74, 6) is 0. The van der Waals surface area contributed by atoms with Crippen LogP contribution in [0.4, 0.5) is 0 Å². The summed E-state index contributed by atoms with van der Waals surface area (Å²) in [7, 11) is 2.00. The highest BCUT2D eigenvalue weighted by Crippen LogP contribution is 2.23. The maximum absolute atomic E-state index is 4.34. The molecule has 0 amide bonds. The van der Waals surface area contributed by atoms with Crippen LogP contribution in [0.25, 0.3) is 0 Å². The minimum atomic E-state index is 0.347. The molecule has 0 aliphatic carbocycles. The molecule has 0 radical (unpaired) electrons. The summed E-state index contributed by atoms with van der Waals surface area (Å²) in [6.07, 6.45) is 2.82. The molecular formula is C12H13IN2S. The Balaban J connectivity index is 2.20. The number of hydrogen-bond donors (Lipinski definition) is 1. The lowest BCUT2D eigenvalue weighted by atomic mass is 10.0. The maximum Gasteiger partial charge on any atom is 0.0943 e. The van der Waals surface area contributed by atoms with Crippen LogP contribution in [0, 0.1) is 3.57 Å². The number of rotatable bonds is 4. The van der Waals surface area contributed by atoms with Gasteiger partial charge in [0.25, 0.3) is 0 Å². The molecule has 2 aromatic rings. The van der Waals surface area contributed by atoms with E-state index < -0.39 is 0 Å². The van der Waals surface area contributed by atoms with Crippen molar-refractivity contribution >= 4 is 33.9 Å². The summed E-state index contributed by atoms with van der Waals surface area (Å²) in [5.41, 5.74) is 1.35. The van der Waals surface area contributed by atoms with E-state index in [-0.39, 0.29) is 0 Å². The van der Waals surface area contributed by atoms with Crippen molar-refractivity contribution < 1.29 is 0 Å². The van der Waals surface area contributed by atoms with Gasteiger partial charge in [0, 0.05) is 27.6 Å². The van der Waals surface area contributed by atoms with Gasteiger partial charge in [0.2, 0.25) is 0 Å². The number of benzene rings is 1. The van der Waals surface area contributed by atoms with Crippen molar-refractivity contribution in [1.29, 1.82) is 0 Å². The molecule has 1 atom stereocenters. The number of nitrogens with one attached hydrogen (secondary N) is 1. The lowest BCUT2D eigenvalue weighted by Gasteiger charge is -2.16. The lowest BCUT2D eigenvalue weighted by Crippen LogP contribution is -2.19. The van der Waals surface area contributed by atoms with Gasteiger partial charge in [0.15, 0.2) is 0 Å². The van der Waals surface area contributed by atoms with Crippen LogP contribution in [-0.2, 0) is 6.42 Å². The number of aromatic nitrogens is 1. The van der Waals surface area contributed by atoms with Gasteiger partial charge in [-0.15, -0.1) is 11.3 Å². The second-order valence-corrected chi connectivity index (χ2v) is 5.63. The first-order valence-electron chi connectivity index (χ1n) is 5.11. The van der Waals surface area contributed by atoms with Gasteiger partial charge in [-0.3, -0.25) is 0 Å². The van der Waals surface area contributed by atoms with Crippen LogP contribution in [0.3, 0.4) is 0 Å². The van der Waals surface area contributed by atoms with Crippen molar-refractivity contribution in [2.24, 2.45) is 0 Å². The molecule has 1 unspecified atom stereocenters. The van der Waals surface area contributed by atoms with Gasteiger partial charge >= 0.3 is 0 Å². The van der Waals surface area contributed by atoms with Crippen LogP contribution in [0.1, 0.15) is 16.6 Å². The van der Waals surface area contributed by atoms with Crippen molar-refractivity contribution in [2.45, 2.75) is 12.5 Å². The second kappa shape index (κ2) is 5.75. The van der Waals surface area contributed by atoms with E-state index in [4.69, 9.17) is 0 Å². The van der Waals surface area contributed by atoms with E-state index in [9.17, 15) is 0 Å². The first kappa shape index (κ1) is 12.0. The van der Waals surface area contributed by atoms with Crippen LogP contribution in [0.2, 0.25) is 0 Å². The summed E-state index contributed by atoms with van der Waals surface area (Å²) in [4.78, 5) is 4.34. The van der Waals surface area contributed by atoms with Gasteiger partial charge in [0.05, 0.1) is 5.01 Å². The number of thiazole rings is 1. The molecule has 2 nitrogen and oxygen atoms in total. The average Bonchev–Trinajstić information content (AvgIpc) is 2.80. The molecule has 0 bridgehead atoms. The van der Waals surface area contributed by atoms with Crippen LogP contribution in [-0.4, -0.2) is 12.0 Å². The van der Waals surface area contributed by atoms with Crippen molar-refractivity contribution in [3.05, 3.63) is 50.0 Å². The van der Waals surface area contributed by atoms with E-state index in [0.29, 0.717) is 6.04 Å². The molecule has 1 N–H and O–H groups in total. The average molecular weight is 344 g/mol. The third kappa shape index (κ3) is 2.81. The molecule has 0 spiro atoms. The number of halogens is 1. The molecule has 16 heavy (non-hydrogen) atoms. The van der Waals surface area contributed by atoms with Gasteiger partial charge in [0.1, 0.15) is 0 Å². The Labute approximate surface area is 113 Å². The predicted molar refractivity (Wildman–Crippen MR) is 76.8 cm³/mol. The Morgan fingerprint density at radius 2 is 2.25 bits per heavy atom. The van der Waals surface area contributed by atoms with Crippen molar-refractivity contribution in [3.63, 3.8) is 0 Å². The first-order chi connectivity index (χ1) is 7.81. The fraction of sp³-hybridized carbons (Fsp3) is 0.250. The van der Waals surface area contributed by atoms with Gasteiger partial charge < -0.3 is 5.32 Å². The second-order valence-electron chi connectivity index (χ2n) is 3.49. The fourth-order valence-corrected chi connectivity index (χ4v) is 3.08. The fourth-order valence-electron chi connectivity index (χ4n) is 1.65. The van der Waals surface area contributed by atoms with Crippen LogP contribution < -0.4 is 5.32 Å². The van der Waals surface area contributed by atoms with Gasteiger partial charge in [-0.05, 0) is 41.3 Å². The minimum Gasteiger partial charge on any atom is -0.313 e. The molecule has 1 aromatic heterocycles. The highest BCUT2D eigenvalue weighted by Gasteiger charge is 2.13. The molecule has 4 heteroatoms. The van der Waals surface area contributed by atoms with Gasteiger partial charge in [-0.2, -0.15) is 0 Å². The number of likely N-dealkylation sites (N-methyl/N-ethyl adjacent to an activating group) is 1. The highest BCUT2D eigenvalue weighted by molar-refractivity contribution is 14.1. The number of hydrogen-bond acceptors (Lipinski definition) is 3. The summed E-state index contributed by atoms with van der Waals surface area (Å²) < 4.78 is 1.30. The largest absolute Gasteiger partial charge is 0.313 e. The summed E-state index contributed by atoms with van der Waals surface area (Å²) in [5, 5.41) is 6.56. The molecule has 0 saturated carbocycles. The molecule has 1 aromatic carbocycles. The Morgan fingerprint density at radius 3 is 2.88 bits per heavy atom. The molecule has 0 aliphatic heterocycles. The van der Waals surface area contributed by atoms with Gasteiger partial charge in [-0.25, -0.2) is 4.98 Å². The molecule has 0 fully saturated rings. The Hall–Kier alpha value is -0.460. The predicted octanol–water partition coefficient (Wildman–Crippen LogP) is 3.25. The summed E-state index contributed by atoms with van der Waals surface area (Å²) in [6.45, 7) is 0. The SMILES string of the molecule is CNC(Cc1nccs1)c1ccccc1I. The Bertz CT molecular complexity index is 442. The molecule has 1 heterocycles. The highest BCUT2D eigenvalue weighted by atomic mass is 127. The van der Waals surface area contributed by atoms with Crippen LogP contribution in [0.5, 0.6) is 0 Å². The third-order valence-electron chi connectivity index (χ3n) is 2.49. The maximum atomic E-state index is 4.34. The smallest absolute Gasteiger partial charge is 0.0943 e. The zero-order chi connectivity index (χ0) is 11.4. The zero-order valence-corrected chi connectivity index (χ0v) is 12.0. The van der Waals surface area contributed by atoms with Crippen molar-refractivity contribution in [3.8, 4) is 0 Å². The van der Waals surface area contributed by atoms with E-state index in [1.54, 1.807) is 11.3 Å². The van der Waals surface area contributed by atoms with E-state index in [2.05, 4.69) is 57.2 Å². The Morgan fingerprint density at radius 1 is 1.44 bits per heavy atom. The lowest BCUT2D eigenvalue weighted by molar-refractivity contribution is 0.588. The van der Waals surface area contributed by atoms with Gasteiger partial charge in [-0.1, -0.05) is 18.2 Å². The van der Waals surface area contributed by atoms with Crippen molar-refractivity contribution in [1.82, 2.24) is 10.3 Å². The van der Waals surface area contributed by atoms with Crippen molar-refractivity contribution in [2.75, 3.05) is 7.05 Å². The zero-order valence-electron chi connectivity index (χ0n) is 8.98. The van der Waals surface area contributed by atoms with E-state index >= 15 is 0 Å². The normalized spacial score (nSPS) is 12.6. The molecule has 2 rings (SSSR count). The van der Waals surface area contributed by atoms with Crippen LogP contribution >= 0.6 is 33.9 Å². The minimum absolute atomic E-state index is 0.347. The topological polar surface area (TPSA) is 24.9 Å². The van der Waals surface area contributed by atoms with E-state index in [1.807, 2.05) is 18.6 Å². The summed E-state index contributed by atoms with van der Waals surface area (Å²) in [6, 6.07) is 8.82. The third-order valence-corrected chi connectivity index (χ3v) is 4.28. The van der Waals surface area contributed by atoms with E-state index in [1.165, 1.54) is 14.1 Å². The molecule has 0 aliphatic rings. The molecule has 84 valence electrons. The Kier molecular flexibility index (Phi) is 4.31. The molecular weight excluding hydrogens is 331 g/mol. The van der Waals surface area contributed by atoms with Crippen LogP contribution in [0.15, 0.2) is 35.8 Å². The standard InChI is InChI=1S/C12H13IN2S/c1-14-11(8-12-15-6-7-16-12)9-4-2-3-5-10(9)13/h2-7,11,14H,8H2,1H3.